The highest BCUT2D eigenvalue weighted by Crippen LogP contribution is 2.27. The molecule has 0 bridgehead atoms. The van der Waals surface area contributed by atoms with Crippen molar-refractivity contribution in [1.82, 2.24) is 15.3 Å². The number of hydrogen-bond acceptors (Lipinski definition) is 3. The quantitative estimate of drug-likeness (QED) is 0.365. The summed E-state index contributed by atoms with van der Waals surface area (Å²) in [4.78, 5) is 32.9. The van der Waals surface area contributed by atoms with E-state index in [1.807, 2.05) is 42.5 Å². The van der Waals surface area contributed by atoms with Crippen LogP contribution < -0.4 is 16.0 Å². The van der Waals surface area contributed by atoms with E-state index >= 15 is 0 Å². The number of benzene rings is 2. The van der Waals surface area contributed by atoms with Crippen LogP contribution in [-0.4, -0.2) is 27.9 Å². The maximum Gasteiger partial charge on any atom is 0.319 e. The normalized spacial score (nSPS) is 17.4. The summed E-state index contributed by atoms with van der Waals surface area (Å²) in [5, 5.41) is 9.08. The van der Waals surface area contributed by atoms with E-state index in [2.05, 4.69) is 25.9 Å². The van der Waals surface area contributed by atoms with E-state index in [9.17, 15) is 9.59 Å². The molecule has 2 saturated carbocycles. The Labute approximate surface area is 200 Å². The Kier molecular flexibility index (Phi) is 6.79. The molecule has 3 amide bonds. The zero-order valence-electron chi connectivity index (χ0n) is 19.5. The molecule has 0 spiro atoms. The number of nitrogens with one attached hydrogen (secondary N) is 4. The maximum absolute atomic E-state index is 12.5. The lowest BCUT2D eigenvalue weighted by Crippen LogP contribution is -2.38. The molecule has 5 rings (SSSR count). The summed E-state index contributed by atoms with van der Waals surface area (Å²) in [5.74, 6) is 1.02. The van der Waals surface area contributed by atoms with Gasteiger partial charge < -0.3 is 20.9 Å². The predicted molar refractivity (Wildman–Crippen MR) is 136 cm³/mol. The van der Waals surface area contributed by atoms with Crippen LogP contribution in [0.3, 0.4) is 0 Å². The molecule has 178 valence electrons. The number of aromatic amines is 1. The molecule has 1 aromatic heterocycles. The second-order valence-electron chi connectivity index (χ2n) is 9.65. The van der Waals surface area contributed by atoms with E-state index in [1.54, 1.807) is 0 Å². The Balaban J connectivity index is 1.22. The lowest BCUT2D eigenvalue weighted by atomic mass is 9.88. The zero-order chi connectivity index (χ0) is 23.3. The lowest BCUT2D eigenvalue weighted by Gasteiger charge is -2.22. The Hall–Kier alpha value is -3.35. The van der Waals surface area contributed by atoms with Crippen molar-refractivity contribution in [2.24, 2.45) is 5.92 Å². The van der Waals surface area contributed by atoms with Gasteiger partial charge in [-0.1, -0.05) is 38.5 Å². The summed E-state index contributed by atoms with van der Waals surface area (Å²) in [7, 11) is 0. The van der Waals surface area contributed by atoms with Crippen molar-refractivity contribution >= 4 is 34.3 Å². The summed E-state index contributed by atoms with van der Waals surface area (Å²) < 4.78 is 0. The average molecular weight is 460 g/mol. The van der Waals surface area contributed by atoms with Crippen molar-refractivity contribution in [1.29, 1.82) is 0 Å². The number of urea groups is 1. The summed E-state index contributed by atoms with van der Waals surface area (Å²) in [6, 6.07) is 13.6. The molecule has 0 unspecified atom stereocenters. The first-order chi connectivity index (χ1) is 16.6. The van der Waals surface area contributed by atoms with E-state index in [4.69, 9.17) is 0 Å². The van der Waals surface area contributed by atoms with Crippen LogP contribution in [0, 0.1) is 5.92 Å². The van der Waals surface area contributed by atoms with Gasteiger partial charge in [-0.3, -0.25) is 4.79 Å². The third-order valence-corrected chi connectivity index (χ3v) is 7.08. The molecule has 2 aromatic carbocycles. The van der Waals surface area contributed by atoms with E-state index in [0.717, 1.165) is 72.3 Å². The first kappa shape index (κ1) is 22.4. The fourth-order valence-corrected chi connectivity index (χ4v) is 5.14. The first-order valence-corrected chi connectivity index (χ1v) is 12.6. The molecule has 2 fully saturated rings. The molecule has 4 N–H and O–H groups in total. The van der Waals surface area contributed by atoms with Crippen LogP contribution in [0.25, 0.3) is 22.4 Å². The lowest BCUT2D eigenvalue weighted by molar-refractivity contribution is -0.120. The van der Waals surface area contributed by atoms with Crippen LogP contribution in [-0.2, 0) is 4.79 Å². The van der Waals surface area contributed by atoms with Crippen LogP contribution in [0.5, 0.6) is 0 Å². The monoisotopic (exact) mass is 459 g/mol. The minimum Gasteiger partial charge on any atom is -0.338 e. The van der Waals surface area contributed by atoms with Crippen molar-refractivity contribution in [3.05, 3.63) is 42.5 Å². The summed E-state index contributed by atoms with van der Waals surface area (Å²) >= 11 is 0. The summed E-state index contributed by atoms with van der Waals surface area (Å²) in [6.45, 7) is 0. The number of H-pyrrole nitrogens is 1. The largest absolute Gasteiger partial charge is 0.338 e. The number of hydrogen-bond donors (Lipinski definition) is 4. The van der Waals surface area contributed by atoms with Gasteiger partial charge in [0.25, 0.3) is 0 Å². The second-order valence-corrected chi connectivity index (χ2v) is 9.65. The third-order valence-electron chi connectivity index (χ3n) is 7.08. The molecule has 3 aromatic rings. The Morgan fingerprint density at radius 2 is 1.47 bits per heavy atom. The fourth-order valence-electron chi connectivity index (χ4n) is 5.14. The van der Waals surface area contributed by atoms with Crippen molar-refractivity contribution in [2.45, 2.75) is 70.3 Å². The smallest absolute Gasteiger partial charge is 0.319 e. The van der Waals surface area contributed by atoms with Gasteiger partial charge >= 0.3 is 6.03 Å². The van der Waals surface area contributed by atoms with Crippen LogP contribution in [0.4, 0.5) is 16.2 Å². The molecule has 0 saturated heterocycles. The molecule has 0 atom stereocenters. The minimum absolute atomic E-state index is 0.128. The number of aromatic nitrogens is 2. The van der Waals surface area contributed by atoms with Crippen LogP contribution >= 0.6 is 0 Å². The number of nitrogens with zero attached hydrogens (tertiary/aromatic N) is 1. The SMILES string of the molecule is O=C(Nc1ccc2nc(-c3ccc(NC(=O)C4CCCCC4)cc3)[nH]c2c1)NC1CCCCC1. The van der Waals surface area contributed by atoms with Gasteiger partial charge in [0.05, 0.1) is 11.0 Å². The van der Waals surface area contributed by atoms with E-state index in [0.29, 0.717) is 0 Å². The van der Waals surface area contributed by atoms with E-state index < -0.39 is 0 Å². The Morgan fingerprint density at radius 3 is 2.21 bits per heavy atom. The molecule has 2 aliphatic rings. The summed E-state index contributed by atoms with van der Waals surface area (Å²) in [6.07, 6.45) is 11.2. The molecular weight excluding hydrogens is 426 g/mol. The van der Waals surface area contributed by atoms with Gasteiger partial charge in [-0.15, -0.1) is 0 Å². The third kappa shape index (κ3) is 5.41. The topological polar surface area (TPSA) is 98.9 Å². The molecule has 1 heterocycles. The predicted octanol–water partition coefficient (Wildman–Crippen LogP) is 6.20. The molecule has 34 heavy (non-hydrogen) atoms. The molecule has 7 nitrogen and oxygen atoms in total. The van der Waals surface area contributed by atoms with Crippen LogP contribution in [0.1, 0.15) is 64.2 Å². The Bertz CT molecular complexity index is 1140. The highest BCUT2D eigenvalue weighted by atomic mass is 16.2. The minimum atomic E-state index is -0.156. The number of rotatable bonds is 5. The number of fused-ring (bicyclic) bond motifs is 1. The van der Waals surface area contributed by atoms with Gasteiger partial charge in [0.2, 0.25) is 5.91 Å². The average Bonchev–Trinajstić information content (AvgIpc) is 3.29. The molecule has 7 heteroatoms. The van der Waals surface area contributed by atoms with Gasteiger partial charge in [-0.05, 0) is 68.1 Å². The molecule has 0 aliphatic heterocycles. The van der Waals surface area contributed by atoms with Gasteiger partial charge in [0, 0.05) is 28.9 Å². The first-order valence-electron chi connectivity index (χ1n) is 12.6. The maximum atomic E-state index is 12.5. The van der Waals surface area contributed by atoms with Crippen molar-refractivity contribution in [2.75, 3.05) is 10.6 Å². The van der Waals surface area contributed by atoms with Gasteiger partial charge in [-0.2, -0.15) is 0 Å². The fraction of sp³-hybridized carbons (Fsp3) is 0.444. The number of imidazole rings is 1. The molecule has 0 radical (unpaired) electrons. The van der Waals surface area contributed by atoms with Crippen molar-refractivity contribution < 1.29 is 9.59 Å². The highest BCUT2D eigenvalue weighted by molar-refractivity contribution is 5.93. The number of carbonyl (C=O) groups is 2. The van der Waals surface area contributed by atoms with Crippen molar-refractivity contribution in [3.8, 4) is 11.4 Å². The number of amides is 3. The number of carbonyl (C=O) groups excluding carboxylic acids is 2. The van der Waals surface area contributed by atoms with Crippen LogP contribution in [0.2, 0.25) is 0 Å². The Morgan fingerprint density at radius 1 is 0.794 bits per heavy atom. The second kappa shape index (κ2) is 10.3. The van der Waals surface area contributed by atoms with Crippen molar-refractivity contribution in [3.63, 3.8) is 0 Å². The highest BCUT2D eigenvalue weighted by Gasteiger charge is 2.21. The van der Waals surface area contributed by atoms with Gasteiger partial charge in [0.15, 0.2) is 0 Å². The zero-order valence-corrected chi connectivity index (χ0v) is 19.5. The van der Waals surface area contributed by atoms with E-state index in [1.165, 1.54) is 25.7 Å². The summed E-state index contributed by atoms with van der Waals surface area (Å²) in [5.41, 5.74) is 4.18. The molecular formula is C27H33N5O2. The standard InChI is InChI=1S/C27H33N5O2/c33-26(19-7-3-1-4-8-19)28-21-13-11-18(12-14-21)25-31-23-16-15-22(17-24(23)32-25)30-27(34)29-20-9-5-2-6-10-20/h11-17,19-20H,1-10H2,(H,28,33)(H,31,32)(H2,29,30,34). The van der Waals surface area contributed by atoms with Gasteiger partial charge in [-0.25, -0.2) is 9.78 Å². The number of anilines is 2. The van der Waals surface area contributed by atoms with E-state index in [-0.39, 0.29) is 23.9 Å². The van der Waals surface area contributed by atoms with Crippen LogP contribution in [0.15, 0.2) is 42.5 Å². The molecule has 2 aliphatic carbocycles. The van der Waals surface area contributed by atoms with Gasteiger partial charge in [0.1, 0.15) is 5.82 Å².